The zero-order chi connectivity index (χ0) is 7.40. The Morgan fingerprint density at radius 3 is 2.58 bits per heavy atom. The lowest BCUT2D eigenvalue weighted by Gasteiger charge is -1.89. The molecule has 0 bridgehead atoms. The van der Waals surface area contributed by atoms with Crippen LogP contribution < -0.4 is 5.32 Å². The first kappa shape index (κ1) is 14.2. The SMILES string of the molecule is CCn1cc(CNC)nn1.Cl.Cl. The van der Waals surface area contributed by atoms with Crippen LogP contribution in [0.3, 0.4) is 0 Å². The zero-order valence-electron chi connectivity index (χ0n) is 7.15. The third kappa shape index (κ3) is 3.90. The topological polar surface area (TPSA) is 42.7 Å². The minimum atomic E-state index is 0. The standard InChI is InChI=1S/C6H12N4.2ClH/c1-3-10-5-6(4-7-2)8-9-10;;/h5,7H,3-4H2,1-2H3;2*1H. The van der Waals surface area contributed by atoms with Gasteiger partial charge in [0.05, 0.1) is 5.69 Å². The fourth-order valence-electron chi connectivity index (χ4n) is 0.755. The Hall–Kier alpha value is -0.320. The van der Waals surface area contributed by atoms with Crippen LogP contribution in [0.5, 0.6) is 0 Å². The first-order valence-corrected chi connectivity index (χ1v) is 3.40. The minimum Gasteiger partial charge on any atom is -0.314 e. The van der Waals surface area contributed by atoms with Gasteiger partial charge in [-0.25, -0.2) is 0 Å². The van der Waals surface area contributed by atoms with E-state index in [9.17, 15) is 0 Å². The summed E-state index contributed by atoms with van der Waals surface area (Å²) in [5.41, 5.74) is 0.990. The smallest absolute Gasteiger partial charge is 0.0964 e. The normalized spacial score (nSPS) is 8.50. The number of hydrogen-bond donors (Lipinski definition) is 1. The lowest BCUT2D eigenvalue weighted by molar-refractivity contribution is 0.626. The lowest BCUT2D eigenvalue weighted by atomic mass is 10.5. The summed E-state index contributed by atoms with van der Waals surface area (Å²) < 4.78 is 1.81. The van der Waals surface area contributed by atoms with Crippen LogP contribution in [-0.4, -0.2) is 22.0 Å². The van der Waals surface area contributed by atoms with E-state index in [4.69, 9.17) is 0 Å². The quantitative estimate of drug-likeness (QED) is 0.809. The fraction of sp³-hybridized carbons (Fsp3) is 0.667. The number of hydrogen-bond acceptors (Lipinski definition) is 3. The Kier molecular flexibility index (Phi) is 8.69. The third-order valence-electron chi connectivity index (χ3n) is 1.27. The van der Waals surface area contributed by atoms with Crippen LogP contribution in [0.15, 0.2) is 6.20 Å². The molecule has 72 valence electrons. The van der Waals surface area contributed by atoms with Crippen molar-refractivity contribution in [2.45, 2.75) is 20.0 Å². The maximum atomic E-state index is 3.93. The summed E-state index contributed by atoms with van der Waals surface area (Å²) in [5, 5.41) is 10.8. The summed E-state index contributed by atoms with van der Waals surface area (Å²) in [6.07, 6.45) is 1.94. The molecule has 12 heavy (non-hydrogen) atoms. The summed E-state index contributed by atoms with van der Waals surface area (Å²) in [6, 6.07) is 0. The Morgan fingerprint density at radius 2 is 2.17 bits per heavy atom. The van der Waals surface area contributed by atoms with E-state index in [1.165, 1.54) is 0 Å². The Morgan fingerprint density at radius 1 is 1.50 bits per heavy atom. The molecule has 0 aliphatic rings. The van der Waals surface area contributed by atoms with E-state index in [0.29, 0.717) is 0 Å². The lowest BCUT2D eigenvalue weighted by Crippen LogP contribution is -2.04. The predicted molar refractivity (Wildman–Crippen MR) is 53.0 cm³/mol. The largest absolute Gasteiger partial charge is 0.314 e. The van der Waals surface area contributed by atoms with Crippen LogP contribution >= 0.6 is 24.8 Å². The molecular formula is C6H14Cl2N4. The summed E-state index contributed by atoms with van der Waals surface area (Å²) >= 11 is 0. The van der Waals surface area contributed by atoms with Crippen molar-refractivity contribution in [2.24, 2.45) is 0 Å². The van der Waals surface area contributed by atoms with Gasteiger partial charge in [0.25, 0.3) is 0 Å². The highest BCUT2D eigenvalue weighted by molar-refractivity contribution is 5.85. The molecule has 1 rings (SSSR count). The van der Waals surface area contributed by atoms with Crippen molar-refractivity contribution in [3.8, 4) is 0 Å². The van der Waals surface area contributed by atoms with Crippen molar-refractivity contribution < 1.29 is 0 Å². The maximum absolute atomic E-state index is 3.93. The van der Waals surface area contributed by atoms with Gasteiger partial charge in [0.2, 0.25) is 0 Å². The molecular weight excluding hydrogens is 199 g/mol. The van der Waals surface area contributed by atoms with Crippen LogP contribution in [0, 0.1) is 0 Å². The number of nitrogens with zero attached hydrogens (tertiary/aromatic N) is 3. The van der Waals surface area contributed by atoms with Gasteiger partial charge in [-0.2, -0.15) is 0 Å². The maximum Gasteiger partial charge on any atom is 0.0964 e. The molecule has 0 fully saturated rings. The van der Waals surface area contributed by atoms with Crippen molar-refractivity contribution in [1.82, 2.24) is 20.3 Å². The van der Waals surface area contributed by atoms with Gasteiger partial charge >= 0.3 is 0 Å². The van der Waals surface area contributed by atoms with Crippen molar-refractivity contribution >= 4 is 24.8 Å². The Balaban J connectivity index is 0. The highest BCUT2D eigenvalue weighted by Gasteiger charge is 1.95. The number of aryl methyl sites for hydroxylation is 1. The zero-order valence-corrected chi connectivity index (χ0v) is 8.78. The van der Waals surface area contributed by atoms with E-state index in [0.717, 1.165) is 18.8 Å². The molecule has 1 aromatic rings. The predicted octanol–water partition coefficient (Wildman–Crippen LogP) is 0.861. The fourth-order valence-corrected chi connectivity index (χ4v) is 0.755. The van der Waals surface area contributed by atoms with Gasteiger partial charge in [-0.1, -0.05) is 5.21 Å². The molecule has 4 nitrogen and oxygen atoms in total. The van der Waals surface area contributed by atoms with Crippen LogP contribution in [0.1, 0.15) is 12.6 Å². The molecule has 6 heteroatoms. The average molecular weight is 213 g/mol. The van der Waals surface area contributed by atoms with Gasteiger partial charge < -0.3 is 5.32 Å². The number of rotatable bonds is 3. The Labute approximate surface area is 84.5 Å². The first-order chi connectivity index (χ1) is 4.86. The van der Waals surface area contributed by atoms with E-state index in [-0.39, 0.29) is 24.8 Å². The second-order valence-electron chi connectivity index (χ2n) is 2.10. The molecule has 0 radical (unpaired) electrons. The second kappa shape index (κ2) is 7.34. The van der Waals surface area contributed by atoms with Crippen LogP contribution in [0.25, 0.3) is 0 Å². The van der Waals surface area contributed by atoms with Gasteiger partial charge in [-0.3, -0.25) is 4.68 Å². The minimum absolute atomic E-state index is 0. The molecule has 0 aliphatic heterocycles. The average Bonchev–Trinajstić information content (AvgIpc) is 2.37. The highest BCUT2D eigenvalue weighted by Crippen LogP contribution is 1.90. The number of aromatic nitrogens is 3. The van der Waals surface area contributed by atoms with Crippen molar-refractivity contribution in [1.29, 1.82) is 0 Å². The number of halogens is 2. The Bertz CT molecular complexity index is 201. The summed E-state index contributed by atoms with van der Waals surface area (Å²) in [7, 11) is 1.89. The summed E-state index contributed by atoms with van der Waals surface area (Å²) in [5.74, 6) is 0. The molecule has 0 atom stereocenters. The van der Waals surface area contributed by atoms with Crippen LogP contribution in [0.4, 0.5) is 0 Å². The molecule has 0 unspecified atom stereocenters. The molecule has 0 saturated heterocycles. The molecule has 0 spiro atoms. The molecule has 0 saturated carbocycles. The first-order valence-electron chi connectivity index (χ1n) is 3.40. The van der Waals surface area contributed by atoms with Crippen LogP contribution in [0.2, 0.25) is 0 Å². The van der Waals surface area contributed by atoms with E-state index in [1.807, 2.05) is 24.9 Å². The molecule has 1 heterocycles. The second-order valence-corrected chi connectivity index (χ2v) is 2.10. The molecule has 1 N–H and O–H groups in total. The summed E-state index contributed by atoms with van der Waals surface area (Å²) in [6.45, 7) is 3.72. The van der Waals surface area contributed by atoms with Crippen LogP contribution in [-0.2, 0) is 13.1 Å². The van der Waals surface area contributed by atoms with Crippen molar-refractivity contribution in [3.63, 3.8) is 0 Å². The van der Waals surface area contributed by atoms with E-state index in [1.54, 1.807) is 0 Å². The molecule has 1 aromatic heterocycles. The molecule has 0 aromatic carbocycles. The van der Waals surface area contributed by atoms with Gasteiger partial charge in [0.15, 0.2) is 0 Å². The van der Waals surface area contributed by atoms with Gasteiger partial charge in [0, 0.05) is 19.3 Å². The summed E-state index contributed by atoms with van der Waals surface area (Å²) in [4.78, 5) is 0. The molecule has 0 amide bonds. The monoisotopic (exact) mass is 212 g/mol. The van der Waals surface area contributed by atoms with E-state index >= 15 is 0 Å². The van der Waals surface area contributed by atoms with Crippen molar-refractivity contribution in [2.75, 3.05) is 7.05 Å². The van der Waals surface area contributed by atoms with Gasteiger partial charge in [-0.15, -0.1) is 29.9 Å². The number of nitrogens with one attached hydrogen (secondary N) is 1. The highest BCUT2D eigenvalue weighted by atomic mass is 35.5. The molecule has 0 aliphatic carbocycles. The van der Waals surface area contributed by atoms with E-state index < -0.39 is 0 Å². The van der Waals surface area contributed by atoms with Crippen molar-refractivity contribution in [3.05, 3.63) is 11.9 Å². The van der Waals surface area contributed by atoms with Gasteiger partial charge in [0.1, 0.15) is 0 Å². The van der Waals surface area contributed by atoms with Gasteiger partial charge in [-0.05, 0) is 14.0 Å². The van der Waals surface area contributed by atoms with E-state index in [2.05, 4.69) is 15.6 Å². The third-order valence-corrected chi connectivity index (χ3v) is 1.27.